The maximum absolute atomic E-state index is 12.9. The van der Waals surface area contributed by atoms with Crippen molar-refractivity contribution in [2.75, 3.05) is 0 Å². The maximum Gasteiger partial charge on any atom is 0.336 e. The Labute approximate surface area is 173 Å². The Bertz CT molecular complexity index is 1180. The number of fused-ring (bicyclic) bond motifs is 3. The maximum atomic E-state index is 12.9. The Hall–Kier alpha value is -3.12. The smallest absolute Gasteiger partial charge is 0.336 e. The largest absolute Gasteiger partial charge is 0.506 e. The highest BCUT2D eigenvalue weighted by molar-refractivity contribution is 6.11. The predicted molar refractivity (Wildman–Crippen MR) is 113 cm³/mol. The minimum atomic E-state index is -1.19. The van der Waals surface area contributed by atoms with E-state index in [1.807, 2.05) is 37.3 Å². The average molecular weight is 408 g/mol. The second-order valence-corrected chi connectivity index (χ2v) is 8.22. The quantitative estimate of drug-likeness (QED) is 0.485. The molecule has 0 radical (unpaired) electrons. The highest BCUT2D eigenvalue weighted by Gasteiger charge is 2.40. The van der Waals surface area contributed by atoms with Gasteiger partial charge in [0.25, 0.3) is 0 Å². The van der Waals surface area contributed by atoms with Gasteiger partial charge in [-0.05, 0) is 25.8 Å². The number of phenols is 1. The first kappa shape index (κ1) is 20.2. The van der Waals surface area contributed by atoms with E-state index in [-0.39, 0.29) is 41.3 Å². The molecule has 0 spiro atoms. The van der Waals surface area contributed by atoms with E-state index < -0.39 is 17.3 Å². The molecule has 0 saturated heterocycles. The summed E-state index contributed by atoms with van der Waals surface area (Å²) in [6.07, 6.45) is 0.453. The number of hydrogen-bond donors (Lipinski definition) is 2. The summed E-state index contributed by atoms with van der Waals surface area (Å²) < 4.78 is 11.5. The molecule has 6 nitrogen and oxygen atoms in total. The second kappa shape index (κ2) is 7.29. The number of carbonyl (C=O) groups is 1. The Morgan fingerprint density at radius 2 is 1.93 bits per heavy atom. The molecule has 0 bridgehead atoms. The summed E-state index contributed by atoms with van der Waals surface area (Å²) in [6.45, 7) is 5.11. The van der Waals surface area contributed by atoms with E-state index >= 15 is 0 Å². The van der Waals surface area contributed by atoms with Crippen molar-refractivity contribution in [2.24, 2.45) is 0 Å². The van der Waals surface area contributed by atoms with E-state index in [1.165, 1.54) is 6.07 Å². The van der Waals surface area contributed by atoms with Gasteiger partial charge in [0.2, 0.25) is 0 Å². The first-order valence-electron chi connectivity index (χ1n) is 10.1. The molecule has 1 aliphatic rings. The fourth-order valence-corrected chi connectivity index (χ4v) is 3.96. The van der Waals surface area contributed by atoms with Crippen LogP contribution in [0, 0.1) is 0 Å². The van der Waals surface area contributed by atoms with Gasteiger partial charge in [-0.15, -0.1) is 0 Å². The van der Waals surface area contributed by atoms with Crippen LogP contribution in [0.1, 0.15) is 49.5 Å². The minimum Gasteiger partial charge on any atom is -0.506 e. The Morgan fingerprint density at radius 1 is 1.23 bits per heavy atom. The molecule has 1 aliphatic heterocycles. The molecule has 30 heavy (non-hydrogen) atoms. The lowest BCUT2D eigenvalue weighted by Crippen LogP contribution is -2.39. The van der Waals surface area contributed by atoms with Crippen LogP contribution in [-0.2, 0) is 6.42 Å². The predicted octanol–water partition coefficient (Wildman–Crippen LogP) is 4.22. The monoisotopic (exact) mass is 408 g/mol. The van der Waals surface area contributed by atoms with Crippen molar-refractivity contribution >= 4 is 16.8 Å². The van der Waals surface area contributed by atoms with E-state index in [0.717, 1.165) is 5.56 Å². The van der Waals surface area contributed by atoms with Gasteiger partial charge in [0, 0.05) is 30.0 Å². The first-order chi connectivity index (χ1) is 14.2. The molecule has 0 fully saturated rings. The summed E-state index contributed by atoms with van der Waals surface area (Å²) in [5.41, 5.74) is 0.234. The third-order valence-electron chi connectivity index (χ3n) is 5.49. The lowest BCUT2D eigenvalue weighted by Gasteiger charge is -2.24. The van der Waals surface area contributed by atoms with Crippen molar-refractivity contribution in [2.45, 2.75) is 51.7 Å². The Kier molecular flexibility index (Phi) is 4.90. The third-order valence-corrected chi connectivity index (χ3v) is 5.49. The highest BCUT2D eigenvalue weighted by atomic mass is 16.5. The molecule has 1 unspecified atom stereocenters. The van der Waals surface area contributed by atoms with Gasteiger partial charge in [-0.1, -0.05) is 37.3 Å². The second-order valence-electron chi connectivity index (χ2n) is 8.22. The summed E-state index contributed by atoms with van der Waals surface area (Å²) in [7, 11) is 0. The number of ketones is 1. The van der Waals surface area contributed by atoms with E-state index in [1.54, 1.807) is 13.8 Å². The number of phenolic OH excluding ortho intramolecular Hbond substituents is 1. The molecule has 3 aromatic rings. The summed E-state index contributed by atoms with van der Waals surface area (Å²) in [4.78, 5) is 25.3. The molecule has 6 heteroatoms. The van der Waals surface area contributed by atoms with Crippen LogP contribution in [0.25, 0.3) is 22.1 Å². The number of rotatable bonds is 5. The first-order valence-corrected chi connectivity index (χ1v) is 10.1. The number of ether oxygens (including phenoxy) is 1. The van der Waals surface area contributed by atoms with Crippen molar-refractivity contribution in [3.8, 4) is 22.6 Å². The molecule has 2 N–H and O–H groups in total. The highest BCUT2D eigenvalue weighted by Crippen LogP contribution is 2.48. The lowest BCUT2D eigenvalue weighted by molar-refractivity contribution is -0.0232. The van der Waals surface area contributed by atoms with Crippen LogP contribution in [0.3, 0.4) is 0 Å². The van der Waals surface area contributed by atoms with Crippen LogP contribution in [0.4, 0.5) is 0 Å². The number of hydrogen-bond acceptors (Lipinski definition) is 6. The van der Waals surface area contributed by atoms with Crippen molar-refractivity contribution in [1.29, 1.82) is 0 Å². The molecular formula is C24H24O6. The third kappa shape index (κ3) is 3.27. The number of carbonyl (C=O) groups excluding carboxylic acids is 1. The fraction of sp³-hybridized carbons (Fsp3) is 0.333. The van der Waals surface area contributed by atoms with Crippen LogP contribution in [0.5, 0.6) is 11.5 Å². The van der Waals surface area contributed by atoms with Gasteiger partial charge >= 0.3 is 5.63 Å². The van der Waals surface area contributed by atoms with Gasteiger partial charge in [-0.25, -0.2) is 4.79 Å². The molecule has 1 atom stereocenters. The molecule has 156 valence electrons. The van der Waals surface area contributed by atoms with E-state index in [0.29, 0.717) is 22.9 Å². The van der Waals surface area contributed by atoms with Gasteiger partial charge in [-0.2, -0.15) is 0 Å². The zero-order chi connectivity index (χ0) is 21.6. The van der Waals surface area contributed by atoms with Gasteiger partial charge in [0.15, 0.2) is 5.78 Å². The summed E-state index contributed by atoms with van der Waals surface area (Å²) in [5, 5.41) is 22.0. The van der Waals surface area contributed by atoms with Crippen LogP contribution in [0.15, 0.2) is 45.6 Å². The summed E-state index contributed by atoms with van der Waals surface area (Å²) >= 11 is 0. The fourth-order valence-electron chi connectivity index (χ4n) is 3.96. The van der Waals surface area contributed by atoms with Crippen molar-refractivity contribution < 1.29 is 24.2 Å². The molecule has 1 aromatic heterocycles. The van der Waals surface area contributed by atoms with Gasteiger partial charge in [0.05, 0.1) is 11.0 Å². The van der Waals surface area contributed by atoms with Crippen LogP contribution < -0.4 is 10.4 Å². The number of aromatic hydroxyl groups is 1. The van der Waals surface area contributed by atoms with E-state index in [9.17, 15) is 19.8 Å². The van der Waals surface area contributed by atoms with Gasteiger partial charge < -0.3 is 19.4 Å². The molecule has 0 aliphatic carbocycles. The Morgan fingerprint density at radius 3 is 2.57 bits per heavy atom. The van der Waals surface area contributed by atoms with E-state index in [4.69, 9.17) is 9.15 Å². The van der Waals surface area contributed by atoms with Gasteiger partial charge in [-0.3, -0.25) is 4.79 Å². The molecule has 4 rings (SSSR count). The van der Waals surface area contributed by atoms with Crippen molar-refractivity contribution in [3.05, 3.63) is 57.9 Å². The number of Topliss-reactive ketones (excluding diaryl/α,β-unsaturated/α-hetero) is 1. The summed E-state index contributed by atoms with van der Waals surface area (Å²) in [6, 6.07) is 10.5. The molecule has 0 saturated carbocycles. The summed E-state index contributed by atoms with van der Waals surface area (Å²) in [5.74, 6) is -0.324. The zero-order valence-corrected chi connectivity index (χ0v) is 17.2. The zero-order valence-electron chi connectivity index (χ0n) is 17.2. The lowest BCUT2D eigenvalue weighted by atomic mass is 9.91. The molecular weight excluding hydrogens is 384 g/mol. The SMILES string of the molecule is CCCC(=O)c1c2c(c3oc(=O)cc(-c4ccccc4)c3c1O)CC(C(C)(C)O)O2. The minimum absolute atomic E-state index is 0.0807. The van der Waals surface area contributed by atoms with Gasteiger partial charge in [0.1, 0.15) is 28.7 Å². The van der Waals surface area contributed by atoms with Crippen LogP contribution in [-0.4, -0.2) is 27.7 Å². The topological polar surface area (TPSA) is 97.0 Å². The standard InChI is InChI=1S/C24H24O6/c1-4-8-16(25)20-21(27)19-14(13-9-6-5-7-10-13)12-18(26)30-22(19)15-11-17(24(2,3)28)29-23(15)20/h5-7,9-10,12,17,27-28H,4,8,11H2,1-3H3. The van der Waals surface area contributed by atoms with Crippen molar-refractivity contribution in [3.63, 3.8) is 0 Å². The average Bonchev–Trinajstić information content (AvgIpc) is 3.14. The van der Waals surface area contributed by atoms with Crippen molar-refractivity contribution in [1.82, 2.24) is 0 Å². The van der Waals surface area contributed by atoms with Crippen LogP contribution >= 0.6 is 0 Å². The van der Waals surface area contributed by atoms with Crippen LogP contribution in [0.2, 0.25) is 0 Å². The molecule has 2 heterocycles. The number of benzene rings is 2. The number of aliphatic hydroxyl groups is 1. The normalized spacial score (nSPS) is 15.8. The Balaban J connectivity index is 2.10. The molecule has 0 amide bonds. The molecule has 2 aromatic carbocycles. The van der Waals surface area contributed by atoms with E-state index in [2.05, 4.69) is 0 Å².